The van der Waals surface area contributed by atoms with Crippen LogP contribution in [0.15, 0.2) is 60.9 Å². The fourth-order valence-electron chi connectivity index (χ4n) is 2.49. The zero-order valence-electron chi connectivity index (χ0n) is 16.2. The van der Waals surface area contributed by atoms with Crippen LogP contribution in [-0.4, -0.2) is 43.2 Å². The Kier molecular flexibility index (Phi) is 6.83. The third-order valence-electron chi connectivity index (χ3n) is 3.98. The third kappa shape index (κ3) is 5.58. The average Bonchev–Trinajstić information content (AvgIpc) is 2.78. The summed E-state index contributed by atoms with van der Waals surface area (Å²) in [4.78, 5) is 20.7. The quantitative estimate of drug-likeness (QED) is 0.538. The smallest absolute Gasteiger partial charge is 0.275 e. The van der Waals surface area contributed by atoms with Crippen molar-refractivity contribution in [3.63, 3.8) is 0 Å². The molecule has 0 aliphatic rings. The van der Waals surface area contributed by atoms with Gasteiger partial charge in [0, 0.05) is 0 Å². The Morgan fingerprint density at radius 1 is 0.931 bits per heavy atom. The number of aromatic nitrogens is 2. The van der Waals surface area contributed by atoms with Crippen molar-refractivity contribution < 1.29 is 19.0 Å². The summed E-state index contributed by atoms with van der Waals surface area (Å²) in [5.41, 5.74) is 0.774. The highest BCUT2D eigenvalue weighted by Gasteiger charge is 2.11. The molecule has 29 heavy (non-hydrogen) atoms. The molecule has 0 unspecified atom stereocenters. The standard InChI is InChI=1S/C21H22N4O4/c1-27-15-7-9-16(10-8-15)29-12-11-22-20-14-23-18(13-24-20)21(26)25-17-5-3-4-6-19(17)28-2/h3-10,13-14H,11-12H2,1-2H3,(H,22,24)(H,25,26). The van der Waals surface area contributed by atoms with E-state index >= 15 is 0 Å². The van der Waals surface area contributed by atoms with Crippen LogP contribution in [0.5, 0.6) is 17.2 Å². The van der Waals surface area contributed by atoms with Crippen molar-refractivity contribution in [2.24, 2.45) is 0 Å². The predicted octanol–water partition coefficient (Wildman–Crippen LogP) is 3.24. The number of ether oxygens (including phenoxy) is 3. The molecule has 3 aromatic rings. The van der Waals surface area contributed by atoms with E-state index in [0.29, 0.717) is 30.4 Å². The molecule has 0 aliphatic heterocycles. The molecular formula is C21H22N4O4. The van der Waals surface area contributed by atoms with Gasteiger partial charge in [0.1, 0.15) is 35.4 Å². The molecule has 3 rings (SSSR count). The Labute approximate surface area is 168 Å². The van der Waals surface area contributed by atoms with Gasteiger partial charge in [0.25, 0.3) is 5.91 Å². The van der Waals surface area contributed by atoms with Gasteiger partial charge < -0.3 is 24.8 Å². The zero-order chi connectivity index (χ0) is 20.5. The van der Waals surface area contributed by atoms with Gasteiger partial charge in [-0.05, 0) is 36.4 Å². The Balaban J connectivity index is 1.47. The van der Waals surface area contributed by atoms with Crippen molar-refractivity contribution in [3.05, 3.63) is 66.6 Å². The second kappa shape index (κ2) is 9.93. The van der Waals surface area contributed by atoms with E-state index in [1.165, 1.54) is 12.4 Å². The van der Waals surface area contributed by atoms with E-state index in [1.807, 2.05) is 36.4 Å². The second-order valence-electron chi connectivity index (χ2n) is 5.89. The fourth-order valence-corrected chi connectivity index (χ4v) is 2.49. The van der Waals surface area contributed by atoms with Crippen molar-refractivity contribution in [3.8, 4) is 17.2 Å². The minimum Gasteiger partial charge on any atom is -0.497 e. The van der Waals surface area contributed by atoms with Crippen LogP contribution in [0.25, 0.3) is 0 Å². The summed E-state index contributed by atoms with van der Waals surface area (Å²) in [7, 11) is 3.16. The number of rotatable bonds is 9. The average molecular weight is 394 g/mol. The molecule has 0 saturated carbocycles. The third-order valence-corrected chi connectivity index (χ3v) is 3.98. The molecule has 0 aliphatic carbocycles. The van der Waals surface area contributed by atoms with Crippen LogP contribution in [0.4, 0.5) is 11.5 Å². The van der Waals surface area contributed by atoms with E-state index in [2.05, 4.69) is 20.6 Å². The number of carbonyl (C=O) groups excluding carboxylic acids is 1. The highest BCUT2D eigenvalue weighted by Crippen LogP contribution is 2.23. The van der Waals surface area contributed by atoms with Gasteiger partial charge in [-0.3, -0.25) is 4.79 Å². The van der Waals surface area contributed by atoms with E-state index in [4.69, 9.17) is 14.2 Å². The van der Waals surface area contributed by atoms with Crippen molar-refractivity contribution in [2.75, 3.05) is 38.0 Å². The first-order valence-electron chi connectivity index (χ1n) is 8.96. The van der Waals surface area contributed by atoms with Crippen LogP contribution in [0, 0.1) is 0 Å². The topological polar surface area (TPSA) is 94.6 Å². The number of carbonyl (C=O) groups is 1. The monoisotopic (exact) mass is 394 g/mol. The summed E-state index contributed by atoms with van der Waals surface area (Å²) < 4.78 is 16.0. The molecule has 1 amide bonds. The van der Waals surface area contributed by atoms with Crippen LogP contribution < -0.4 is 24.8 Å². The Bertz CT molecular complexity index is 930. The molecule has 0 atom stereocenters. The van der Waals surface area contributed by atoms with Crippen molar-refractivity contribution in [1.82, 2.24) is 9.97 Å². The summed E-state index contributed by atoms with van der Waals surface area (Å²) >= 11 is 0. The van der Waals surface area contributed by atoms with Gasteiger partial charge >= 0.3 is 0 Å². The normalized spacial score (nSPS) is 10.1. The van der Waals surface area contributed by atoms with E-state index in [9.17, 15) is 4.79 Å². The molecule has 0 bridgehead atoms. The molecule has 2 N–H and O–H groups in total. The molecular weight excluding hydrogens is 372 g/mol. The maximum atomic E-state index is 12.3. The first-order valence-corrected chi connectivity index (χ1v) is 8.96. The summed E-state index contributed by atoms with van der Waals surface area (Å²) in [6.07, 6.45) is 2.92. The van der Waals surface area contributed by atoms with Gasteiger partial charge in [0.2, 0.25) is 0 Å². The van der Waals surface area contributed by atoms with Gasteiger partial charge in [0.15, 0.2) is 0 Å². The molecule has 0 fully saturated rings. The van der Waals surface area contributed by atoms with Crippen LogP contribution in [0.3, 0.4) is 0 Å². The summed E-state index contributed by atoms with van der Waals surface area (Å²) in [6.45, 7) is 0.984. The molecule has 8 heteroatoms. The van der Waals surface area contributed by atoms with Crippen LogP contribution in [-0.2, 0) is 0 Å². The fraction of sp³-hybridized carbons (Fsp3) is 0.190. The number of amides is 1. The maximum absolute atomic E-state index is 12.3. The second-order valence-corrected chi connectivity index (χ2v) is 5.89. The van der Waals surface area contributed by atoms with Crippen LogP contribution in [0.2, 0.25) is 0 Å². The number of nitrogens with zero attached hydrogens (tertiary/aromatic N) is 2. The van der Waals surface area contributed by atoms with E-state index < -0.39 is 0 Å². The molecule has 1 aromatic heterocycles. The Hall–Kier alpha value is -3.81. The summed E-state index contributed by atoms with van der Waals surface area (Å²) in [5, 5.41) is 5.86. The summed E-state index contributed by atoms with van der Waals surface area (Å²) in [5.74, 6) is 2.29. The largest absolute Gasteiger partial charge is 0.497 e. The van der Waals surface area contributed by atoms with Gasteiger partial charge in [-0.15, -0.1) is 0 Å². The minimum atomic E-state index is -0.364. The predicted molar refractivity (Wildman–Crippen MR) is 110 cm³/mol. The number of hydrogen-bond donors (Lipinski definition) is 2. The zero-order valence-corrected chi connectivity index (χ0v) is 16.2. The number of nitrogens with one attached hydrogen (secondary N) is 2. The lowest BCUT2D eigenvalue weighted by Crippen LogP contribution is -2.16. The minimum absolute atomic E-state index is 0.205. The lowest BCUT2D eigenvalue weighted by molar-refractivity contribution is 0.102. The number of benzene rings is 2. The molecule has 0 spiro atoms. The van der Waals surface area contributed by atoms with E-state index in [-0.39, 0.29) is 11.6 Å². The van der Waals surface area contributed by atoms with E-state index in [1.54, 1.807) is 26.4 Å². The summed E-state index contributed by atoms with van der Waals surface area (Å²) in [6, 6.07) is 14.5. The first kappa shape index (κ1) is 19.9. The highest BCUT2D eigenvalue weighted by molar-refractivity contribution is 6.03. The van der Waals surface area contributed by atoms with E-state index in [0.717, 1.165) is 11.5 Å². The van der Waals surface area contributed by atoms with Crippen LogP contribution in [0.1, 0.15) is 10.5 Å². The number of anilines is 2. The Morgan fingerprint density at radius 2 is 1.69 bits per heavy atom. The number of methoxy groups -OCH3 is 2. The molecule has 0 saturated heterocycles. The molecule has 2 aromatic carbocycles. The maximum Gasteiger partial charge on any atom is 0.275 e. The lowest BCUT2D eigenvalue weighted by Gasteiger charge is -2.10. The number of para-hydroxylation sites is 2. The van der Waals surface area contributed by atoms with Crippen LogP contribution >= 0.6 is 0 Å². The molecule has 150 valence electrons. The molecule has 8 nitrogen and oxygen atoms in total. The first-order chi connectivity index (χ1) is 14.2. The van der Waals surface area contributed by atoms with Gasteiger partial charge in [-0.1, -0.05) is 12.1 Å². The van der Waals surface area contributed by atoms with Gasteiger partial charge in [-0.25, -0.2) is 9.97 Å². The SMILES string of the molecule is COc1ccc(OCCNc2cnc(C(=O)Nc3ccccc3OC)cn2)cc1. The molecule has 1 heterocycles. The molecule has 0 radical (unpaired) electrons. The Morgan fingerprint density at radius 3 is 2.38 bits per heavy atom. The number of hydrogen-bond acceptors (Lipinski definition) is 7. The van der Waals surface area contributed by atoms with Gasteiger partial charge in [0.05, 0.1) is 38.8 Å². The lowest BCUT2D eigenvalue weighted by atomic mass is 10.3. The van der Waals surface area contributed by atoms with Crippen molar-refractivity contribution in [2.45, 2.75) is 0 Å². The highest BCUT2D eigenvalue weighted by atomic mass is 16.5. The van der Waals surface area contributed by atoms with Crippen molar-refractivity contribution in [1.29, 1.82) is 0 Å². The van der Waals surface area contributed by atoms with Gasteiger partial charge in [-0.2, -0.15) is 0 Å². The van der Waals surface area contributed by atoms with Crippen molar-refractivity contribution >= 4 is 17.4 Å².